The third-order valence-corrected chi connectivity index (χ3v) is 4.39. The number of aryl methyl sites for hydroxylation is 1. The number of ether oxygens (including phenoxy) is 3. The number of nitrogens with one attached hydrogen (secondary N) is 2. The highest BCUT2D eigenvalue weighted by Crippen LogP contribution is 2.37. The first-order valence-corrected chi connectivity index (χ1v) is 9.18. The maximum absolute atomic E-state index is 12.0. The average Bonchev–Trinajstić information content (AvgIpc) is 2.66. The zero-order valence-corrected chi connectivity index (χ0v) is 17.8. The smallest absolute Gasteiger partial charge is 0.259 e. The van der Waals surface area contributed by atoms with E-state index in [0.717, 1.165) is 14.8 Å². The Kier molecular flexibility index (Phi) is 7.71. The molecular formula is C19H22IN3O4. The normalized spacial score (nSPS) is 10.6. The first-order valence-electron chi connectivity index (χ1n) is 8.10. The first-order chi connectivity index (χ1) is 13.0. The second-order valence-electron chi connectivity index (χ2n) is 5.56. The molecule has 0 fully saturated rings. The number of anilines is 1. The summed E-state index contributed by atoms with van der Waals surface area (Å²) in [5.74, 6) is 1.27. The Bertz CT molecular complexity index is 815. The van der Waals surface area contributed by atoms with Crippen LogP contribution in [0.3, 0.4) is 0 Å². The van der Waals surface area contributed by atoms with E-state index in [-0.39, 0.29) is 12.5 Å². The number of hydrazone groups is 1. The Balaban J connectivity index is 1.97. The monoisotopic (exact) mass is 483 g/mol. The fourth-order valence-corrected chi connectivity index (χ4v) is 3.04. The van der Waals surface area contributed by atoms with Gasteiger partial charge in [0.15, 0.2) is 11.5 Å². The molecule has 0 saturated heterocycles. The summed E-state index contributed by atoms with van der Waals surface area (Å²) in [7, 11) is 4.62. The lowest BCUT2D eigenvalue weighted by atomic mass is 10.2. The number of hydrogen-bond acceptors (Lipinski definition) is 6. The molecule has 0 aliphatic rings. The van der Waals surface area contributed by atoms with Crippen LogP contribution in [-0.2, 0) is 4.79 Å². The van der Waals surface area contributed by atoms with Crippen LogP contribution >= 0.6 is 22.6 Å². The van der Waals surface area contributed by atoms with Gasteiger partial charge in [-0.3, -0.25) is 4.79 Å². The summed E-state index contributed by atoms with van der Waals surface area (Å²) in [6.45, 7) is 2.11. The topological polar surface area (TPSA) is 81.2 Å². The lowest BCUT2D eigenvalue weighted by Crippen LogP contribution is -2.26. The van der Waals surface area contributed by atoms with Gasteiger partial charge < -0.3 is 19.5 Å². The molecule has 0 unspecified atom stereocenters. The quantitative estimate of drug-likeness (QED) is 0.343. The Labute approximate surface area is 172 Å². The molecule has 2 rings (SSSR count). The lowest BCUT2D eigenvalue weighted by molar-refractivity contribution is -0.119. The van der Waals surface area contributed by atoms with E-state index < -0.39 is 0 Å². The van der Waals surface area contributed by atoms with Gasteiger partial charge >= 0.3 is 0 Å². The van der Waals surface area contributed by atoms with Gasteiger partial charge in [0.25, 0.3) is 5.91 Å². The van der Waals surface area contributed by atoms with Gasteiger partial charge in [0.1, 0.15) is 0 Å². The fraction of sp³-hybridized carbons (Fsp3) is 0.263. The second kappa shape index (κ2) is 10.0. The van der Waals surface area contributed by atoms with Gasteiger partial charge in [0, 0.05) is 14.8 Å². The number of halogens is 1. The zero-order chi connectivity index (χ0) is 19.8. The van der Waals surface area contributed by atoms with E-state index in [9.17, 15) is 4.79 Å². The molecule has 2 N–H and O–H groups in total. The van der Waals surface area contributed by atoms with Crippen LogP contribution in [0, 0.1) is 10.5 Å². The van der Waals surface area contributed by atoms with Gasteiger partial charge in [-0.15, -0.1) is 0 Å². The summed E-state index contributed by atoms with van der Waals surface area (Å²) in [5.41, 5.74) is 5.18. The number of hydrogen-bond donors (Lipinski definition) is 2. The van der Waals surface area contributed by atoms with Gasteiger partial charge in [-0.2, -0.15) is 5.10 Å². The van der Waals surface area contributed by atoms with Crippen molar-refractivity contribution < 1.29 is 19.0 Å². The van der Waals surface area contributed by atoms with Crippen molar-refractivity contribution in [1.82, 2.24) is 5.43 Å². The van der Waals surface area contributed by atoms with Gasteiger partial charge in [-0.1, -0.05) is 0 Å². The van der Waals surface area contributed by atoms with E-state index in [1.807, 2.05) is 25.1 Å². The molecule has 0 radical (unpaired) electrons. The second-order valence-corrected chi connectivity index (χ2v) is 6.81. The van der Waals surface area contributed by atoms with Crippen molar-refractivity contribution in [1.29, 1.82) is 0 Å². The standard InChI is InChI=1S/C19H22IN3O4/c1-12-7-14(20)5-6-15(12)21-11-18(24)23-22-10-13-8-16(25-2)19(27-4)17(9-13)26-3/h5-10,21H,11H2,1-4H3,(H,23,24)/b22-10-. The molecule has 0 aliphatic heterocycles. The molecule has 2 aromatic rings. The molecule has 27 heavy (non-hydrogen) atoms. The number of rotatable bonds is 8. The average molecular weight is 483 g/mol. The summed E-state index contributed by atoms with van der Waals surface area (Å²) >= 11 is 2.25. The van der Waals surface area contributed by atoms with Crippen LogP contribution in [0.2, 0.25) is 0 Å². The molecule has 2 aromatic carbocycles. The molecule has 1 amide bonds. The van der Waals surface area contributed by atoms with Crippen LogP contribution < -0.4 is 25.0 Å². The minimum Gasteiger partial charge on any atom is -0.493 e. The van der Waals surface area contributed by atoms with Crippen LogP contribution in [0.5, 0.6) is 17.2 Å². The maximum Gasteiger partial charge on any atom is 0.259 e. The number of amides is 1. The van der Waals surface area contributed by atoms with E-state index >= 15 is 0 Å². The highest BCUT2D eigenvalue weighted by atomic mass is 127. The van der Waals surface area contributed by atoms with Crippen molar-refractivity contribution in [2.24, 2.45) is 5.10 Å². The van der Waals surface area contributed by atoms with Gasteiger partial charge in [0.05, 0.1) is 34.1 Å². The summed E-state index contributed by atoms with van der Waals surface area (Å²) in [4.78, 5) is 12.0. The Morgan fingerprint density at radius 3 is 2.33 bits per heavy atom. The first kappa shape index (κ1) is 20.8. The van der Waals surface area contributed by atoms with Gasteiger partial charge in [0.2, 0.25) is 5.75 Å². The SMILES string of the molecule is COc1cc(/C=N\NC(=O)CNc2ccc(I)cc2C)cc(OC)c1OC. The minimum atomic E-state index is -0.253. The molecular weight excluding hydrogens is 461 g/mol. The van der Waals surface area contributed by atoms with Crippen LogP contribution in [0.25, 0.3) is 0 Å². The van der Waals surface area contributed by atoms with Crippen molar-refractivity contribution in [2.75, 3.05) is 33.2 Å². The van der Waals surface area contributed by atoms with Crippen molar-refractivity contribution in [3.05, 3.63) is 45.0 Å². The van der Waals surface area contributed by atoms with E-state index in [1.165, 1.54) is 27.5 Å². The molecule has 0 spiro atoms. The number of carbonyl (C=O) groups excluding carboxylic acids is 1. The zero-order valence-electron chi connectivity index (χ0n) is 15.6. The molecule has 0 saturated carbocycles. The lowest BCUT2D eigenvalue weighted by Gasteiger charge is -2.12. The van der Waals surface area contributed by atoms with Crippen molar-refractivity contribution in [3.8, 4) is 17.2 Å². The van der Waals surface area contributed by atoms with E-state index in [1.54, 1.807) is 12.1 Å². The Morgan fingerprint density at radius 2 is 1.78 bits per heavy atom. The number of nitrogens with zero attached hydrogens (tertiary/aromatic N) is 1. The third kappa shape index (κ3) is 5.75. The summed E-state index contributed by atoms with van der Waals surface area (Å²) in [5, 5.41) is 7.07. The number of benzene rings is 2. The molecule has 0 aromatic heterocycles. The molecule has 0 heterocycles. The van der Waals surface area contributed by atoms with Crippen LogP contribution in [0.1, 0.15) is 11.1 Å². The van der Waals surface area contributed by atoms with Crippen molar-refractivity contribution in [3.63, 3.8) is 0 Å². The van der Waals surface area contributed by atoms with Crippen molar-refractivity contribution >= 4 is 40.4 Å². The predicted molar refractivity (Wildman–Crippen MR) is 114 cm³/mol. The van der Waals surface area contributed by atoms with E-state index in [2.05, 4.69) is 38.4 Å². The molecule has 144 valence electrons. The minimum absolute atomic E-state index is 0.119. The Hall–Kier alpha value is -2.49. The van der Waals surface area contributed by atoms with Gasteiger partial charge in [-0.25, -0.2) is 5.43 Å². The van der Waals surface area contributed by atoms with Crippen molar-refractivity contribution in [2.45, 2.75) is 6.92 Å². The summed E-state index contributed by atoms with van der Waals surface area (Å²) in [6, 6.07) is 9.46. The van der Waals surface area contributed by atoms with Crippen LogP contribution in [0.15, 0.2) is 35.4 Å². The number of methoxy groups -OCH3 is 3. The van der Waals surface area contributed by atoms with Crippen LogP contribution in [0.4, 0.5) is 5.69 Å². The summed E-state index contributed by atoms with van der Waals surface area (Å²) < 4.78 is 17.0. The fourth-order valence-electron chi connectivity index (χ4n) is 2.40. The van der Waals surface area contributed by atoms with Crippen LogP contribution in [-0.4, -0.2) is 40.0 Å². The maximum atomic E-state index is 12.0. The molecule has 8 heteroatoms. The highest BCUT2D eigenvalue weighted by Gasteiger charge is 2.12. The number of carbonyl (C=O) groups is 1. The van der Waals surface area contributed by atoms with Gasteiger partial charge in [-0.05, 0) is 65.4 Å². The molecule has 0 aliphatic carbocycles. The third-order valence-electron chi connectivity index (χ3n) is 3.72. The molecule has 0 bridgehead atoms. The van der Waals surface area contributed by atoms with E-state index in [0.29, 0.717) is 22.8 Å². The molecule has 0 atom stereocenters. The highest BCUT2D eigenvalue weighted by molar-refractivity contribution is 14.1. The van der Waals surface area contributed by atoms with E-state index in [4.69, 9.17) is 14.2 Å². The summed E-state index contributed by atoms with van der Waals surface area (Å²) in [6.07, 6.45) is 1.51. The predicted octanol–water partition coefficient (Wildman–Crippen LogP) is 3.19. The molecule has 7 nitrogen and oxygen atoms in total. The largest absolute Gasteiger partial charge is 0.493 e. The Morgan fingerprint density at radius 1 is 1.11 bits per heavy atom.